The number of nitrogens with two attached hydrogens (primary N) is 1. The summed E-state index contributed by atoms with van der Waals surface area (Å²) in [5.41, 5.74) is 5.75. The molecule has 0 aliphatic carbocycles. The Morgan fingerprint density at radius 2 is 2.04 bits per heavy atom. The van der Waals surface area contributed by atoms with Gasteiger partial charge in [0, 0.05) is 31.6 Å². The molecule has 6 heteroatoms. The molecule has 0 aromatic heterocycles. The molecule has 1 saturated heterocycles. The zero-order chi connectivity index (χ0) is 16.5. The molecule has 0 radical (unpaired) electrons. The number of amides is 2. The monoisotopic (exact) mass is 347 g/mol. The minimum atomic E-state index is -0.0857. The highest BCUT2D eigenvalue weighted by Crippen LogP contribution is 2.19. The summed E-state index contributed by atoms with van der Waals surface area (Å²) in [4.78, 5) is 26.6. The van der Waals surface area contributed by atoms with Crippen molar-refractivity contribution in [3.05, 3.63) is 0 Å². The predicted molar refractivity (Wildman–Crippen MR) is 96.5 cm³/mol. The van der Waals surface area contributed by atoms with Crippen molar-refractivity contribution in [2.45, 2.75) is 65.3 Å². The number of piperidine rings is 1. The lowest BCUT2D eigenvalue weighted by Gasteiger charge is -2.34. The molecule has 3 unspecified atom stereocenters. The smallest absolute Gasteiger partial charge is 0.225 e. The van der Waals surface area contributed by atoms with Crippen LogP contribution in [0.15, 0.2) is 0 Å². The molecule has 136 valence electrons. The van der Waals surface area contributed by atoms with Gasteiger partial charge in [-0.25, -0.2) is 0 Å². The summed E-state index contributed by atoms with van der Waals surface area (Å²) < 4.78 is 0. The Hall–Kier alpha value is -0.810. The summed E-state index contributed by atoms with van der Waals surface area (Å²) in [6.45, 7) is 7.93. The lowest BCUT2D eigenvalue weighted by atomic mass is 9.95. The lowest BCUT2D eigenvalue weighted by molar-refractivity contribution is -0.139. The molecule has 1 heterocycles. The summed E-state index contributed by atoms with van der Waals surface area (Å²) in [6.07, 6.45) is 5.72. The molecule has 5 nitrogen and oxygen atoms in total. The number of nitrogens with zero attached hydrogens (tertiary/aromatic N) is 1. The van der Waals surface area contributed by atoms with E-state index in [-0.39, 0.29) is 42.1 Å². The first-order valence-corrected chi connectivity index (χ1v) is 8.82. The minimum absolute atomic E-state index is 0. The van der Waals surface area contributed by atoms with Gasteiger partial charge in [-0.3, -0.25) is 9.59 Å². The second-order valence-corrected chi connectivity index (χ2v) is 6.52. The van der Waals surface area contributed by atoms with Gasteiger partial charge in [-0.05, 0) is 25.7 Å². The summed E-state index contributed by atoms with van der Waals surface area (Å²) >= 11 is 0. The summed E-state index contributed by atoms with van der Waals surface area (Å²) in [7, 11) is 0. The van der Waals surface area contributed by atoms with Gasteiger partial charge in [0.05, 0.1) is 5.92 Å². The highest BCUT2D eigenvalue weighted by molar-refractivity contribution is 5.85. The van der Waals surface area contributed by atoms with E-state index in [4.69, 9.17) is 5.73 Å². The number of halogens is 1. The highest BCUT2D eigenvalue weighted by Gasteiger charge is 2.30. The molecular formula is C17H34ClN3O2. The van der Waals surface area contributed by atoms with Gasteiger partial charge >= 0.3 is 0 Å². The third kappa shape index (κ3) is 7.08. The second-order valence-electron chi connectivity index (χ2n) is 6.52. The van der Waals surface area contributed by atoms with Crippen LogP contribution >= 0.6 is 12.4 Å². The quantitative estimate of drug-likeness (QED) is 0.707. The maximum absolute atomic E-state index is 12.4. The average molecular weight is 348 g/mol. The van der Waals surface area contributed by atoms with E-state index in [9.17, 15) is 9.59 Å². The molecule has 0 aromatic rings. The van der Waals surface area contributed by atoms with Crippen LogP contribution in [-0.4, -0.2) is 42.4 Å². The van der Waals surface area contributed by atoms with Crippen LogP contribution < -0.4 is 11.1 Å². The van der Waals surface area contributed by atoms with Gasteiger partial charge in [0.1, 0.15) is 0 Å². The van der Waals surface area contributed by atoms with Gasteiger partial charge in [0.2, 0.25) is 11.8 Å². The standard InChI is InChI=1S/C17H33N3O2.ClH/c1-4-6-9-15(11-18)19-16(21)14-8-7-10-20(12-14)17(22)13(3)5-2;/h13-15H,4-12,18H2,1-3H3,(H,19,21);1H. The molecule has 23 heavy (non-hydrogen) atoms. The van der Waals surface area contributed by atoms with E-state index in [2.05, 4.69) is 12.2 Å². The molecule has 1 aliphatic heterocycles. The molecule has 2 amide bonds. The van der Waals surface area contributed by atoms with Crippen LogP contribution in [0.5, 0.6) is 0 Å². The Morgan fingerprint density at radius 1 is 1.35 bits per heavy atom. The fourth-order valence-corrected chi connectivity index (χ4v) is 2.90. The van der Waals surface area contributed by atoms with Crippen LogP contribution in [0.25, 0.3) is 0 Å². The summed E-state index contributed by atoms with van der Waals surface area (Å²) in [6, 6.07) is 0.0630. The van der Waals surface area contributed by atoms with Crippen molar-refractivity contribution in [3.63, 3.8) is 0 Å². The third-order valence-electron chi connectivity index (χ3n) is 4.67. The molecule has 3 atom stereocenters. The van der Waals surface area contributed by atoms with Crippen molar-refractivity contribution in [1.29, 1.82) is 0 Å². The molecule has 0 saturated carbocycles. The number of nitrogens with one attached hydrogen (secondary N) is 1. The molecule has 0 aromatic carbocycles. The maximum atomic E-state index is 12.4. The van der Waals surface area contributed by atoms with Crippen molar-refractivity contribution < 1.29 is 9.59 Å². The highest BCUT2D eigenvalue weighted by atomic mass is 35.5. The van der Waals surface area contributed by atoms with Crippen molar-refractivity contribution in [2.24, 2.45) is 17.6 Å². The van der Waals surface area contributed by atoms with Crippen LogP contribution in [0.4, 0.5) is 0 Å². The number of hydrogen-bond donors (Lipinski definition) is 2. The Kier molecular flexibility index (Phi) is 11.3. The van der Waals surface area contributed by atoms with Crippen molar-refractivity contribution >= 4 is 24.2 Å². The molecule has 1 aliphatic rings. The lowest BCUT2D eigenvalue weighted by Crippen LogP contribution is -2.49. The molecule has 0 bridgehead atoms. The number of unbranched alkanes of at least 4 members (excludes halogenated alkanes) is 1. The Balaban J connectivity index is 0.00000484. The number of carbonyl (C=O) groups excluding carboxylic acids is 2. The maximum Gasteiger partial charge on any atom is 0.225 e. The van der Waals surface area contributed by atoms with Crippen LogP contribution in [0.3, 0.4) is 0 Å². The number of rotatable bonds is 8. The van der Waals surface area contributed by atoms with Crippen LogP contribution in [0.2, 0.25) is 0 Å². The molecule has 3 N–H and O–H groups in total. The average Bonchev–Trinajstić information content (AvgIpc) is 2.56. The van der Waals surface area contributed by atoms with Gasteiger partial charge in [-0.1, -0.05) is 33.6 Å². The number of carbonyl (C=O) groups is 2. The predicted octanol–water partition coefficient (Wildman–Crippen LogP) is 2.33. The molecule has 1 rings (SSSR count). The first-order valence-electron chi connectivity index (χ1n) is 8.82. The zero-order valence-corrected chi connectivity index (χ0v) is 15.7. The van der Waals surface area contributed by atoms with E-state index < -0.39 is 0 Å². The Morgan fingerprint density at radius 3 is 2.61 bits per heavy atom. The Labute approximate surface area is 147 Å². The van der Waals surface area contributed by atoms with Gasteiger partial charge in [-0.2, -0.15) is 0 Å². The molecule has 1 fully saturated rings. The zero-order valence-electron chi connectivity index (χ0n) is 14.8. The van der Waals surface area contributed by atoms with Gasteiger partial charge in [-0.15, -0.1) is 12.4 Å². The second kappa shape index (κ2) is 11.7. The largest absolute Gasteiger partial charge is 0.352 e. The van der Waals surface area contributed by atoms with E-state index in [0.717, 1.165) is 45.1 Å². The Bertz CT molecular complexity index is 366. The summed E-state index contributed by atoms with van der Waals surface area (Å²) in [5.74, 6) is 0.204. The SMILES string of the molecule is CCCCC(CN)NC(=O)C1CCCN(C(=O)C(C)CC)C1.Cl. The first-order chi connectivity index (χ1) is 10.5. The minimum Gasteiger partial charge on any atom is -0.352 e. The van der Waals surface area contributed by atoms with Crippen LogP contribution in [0.1, 0.15) is 59.3 Å². The number of hydrogen-bond acceptors (Lipinski definition) is 3. The van der Waals surface area contributed by atoms with Crippen molar-refractivity contribution in [2.75, 3.05) is 19.6 Å². The summed E-state index contributed by atoms with van der Waals surface area (Å²) in [5, 5.41) is 3.07. The van der Waals surface area contributed by atoms with Crippen LogP contribution in [0, 0.1) is 11.8 Å². The van der Waals surface area contributed by atoms with E-state index in [1.807, 2.05) is 18.7 Å². The van der Waals surface area contributed by atoms with E-state index in [0.29, 0.717) is 13.1 Å². The van der Waals surface area contributed by atoms with E-state index in [1.165, 1.54) is 0 Å². The van der Waals surface area contributed by atoms with Crippen molar-refractivity contribution in [3.8, 4) is 0 Å². The van der Waals surface area contributed by atoms with Gasteiger partial charge < -0.3 is 16.0 Å². The number of likely N-dealkylation sites (tertiary alicyclic amines) is 1. The fourth-order valence-electron chi connectivity index (χ4n) is 2.90. The normalized spacial score (nSPS) is 20.3. The molecular weight excluding hydrogens is 314 g/mol. The molecule has 0 spiro atoms. The van der Waals surface area contributed by atoms with Crippen LogP contribution in [-0.2, 0) is 9.59 Å². The van der Waals surface area contributed by atoms with E-state index >= 15 is 0 Å². The topological polar surface area (TPSA) is 75.4 Å². The third-order valence-corrected chi connectivity index (χ3v) is 4.67. The van der Waals surface area contributed by atoms with E-state index in [1.54, 1.807) is 0 Å². The van der Waals surface area contributed by atoms with Crippen molar-refractivity contribution in [1.82, 2.24) is 10.2 Å². The van der Waals surface area contributed by atoms with Gasteiger partial charge in [0.15, 0.2) is 0 Å². The fraction of sp³-hybridized carbons (Fsp3) is 0.882. The first kappa shape index (κ1) is 22.2. The van der Waals surface area contributed by atoms with Gasteiger partial charge in [0.25, 0.3) is 0 Å².